The normalized spacial score (nSPS) is 12.2. The lowest BCUT2D eigenvalue weighted by Crippen LogP contribution is -2.18. The van der Waals surface area contributed by atoms with Crippen LogP contribution in [0.25, 0.3) is 0 Å². The first-order valence-electron chi connectivity index (χ1n) is 6.79. The molecule has 1 N–H and O–H groups in total. The van der Waals surface area contributed by atoms with E-state index in [-0.39, 0.29) is 6.04 Å². The second-order valence-corrected chi connectivity index (χ2v) is 5.14. The van der Waals surface area contributed by atoms with Crippen LogP contribution in [0.3, 0.4) is 0 Å². The van der Waals surface area contributed by atoms with E-state index in [0.29, 0.717) is 5.02 Å². The van der Waals surface area contributed by atoms with Crippen LogP contribution >= 0.6 is 11.6 Å². The lowest BCUT2D eigenvalue weighted by molar-refractivity contribution is 0.405. The van der Waals surface area contributed by atoms with Crippen LogP contribution < -0.4 is 10.1 Å². The van der Waals surface area contributed by atoms with Gasteiger partial charge in [0.15, 0.2) is 0 Å². The summed E-state index contributed by atoms with van der Waals surface area (Å²) in [7, 11) is 3.62. The second kappa shape index (κ2) is 6.78. The van der Waals surface area contributed by atoms with Crippen LogP contribution in [-0.4, -0.2) is 14.2 Å². The Morgan fingerprint density at radius 1 is 1.15 bits per heavy atom. The summed E-state index contributed by atoms with van der Waals surface area (Å²) in [5, 5.41) is 4.03. The zero-order chi connectivity index (χ0) is 14.5. The van der Waals surface area contributed by atoms with Gasteiger partial charge in [-0.3, -0.25) is 0 Å². The van der Waals surface area contributed by atoms with Crippen LogP contribution in [0.1, 0.15) is 29.7 Å². The average Bonchev–Trinajstić information content (AvgIpc) is 2.50. The number of nitrogens with one attached hydrogen (secondary N) is 1. The third kappa shape index (κ3) is 3.14. The largest absolute Gasteiger partial charge is 0.496 e. The lowest BCUT2D eigenvalue weighted by Gasteiger charge is -2.20. The molecular weight excluding hydrogens is 270 g/mol. The molecule has 0 saturated heterocycles. The number of rotatable bonds is 5. The molecule has 3 heteroatoms. The molecule has 0 aliphatic rings. The summed E-state index contributed by atoms with van der Waals surface area (Å²) in [6.07, 6.45) is 1.05. The fourth-order valence-electron chi connectivity index (χ4n) is 2.37. The molecule has 0 bridgehead atoms. The highest BCUT2D eigenvalue weighted by Gasteiger charge is 2.16. The van der Waals surface area contributed by atoms with Crippen LogP contribution in [0.15, 0.2) is 42.5 Å². The quantitative estimate of drug-likeness (QED) is 0.890. The molecule has 1 atom stereocenters. The molecule has 2 rings (SSSR count). The van der Waals surface area contributed by atoms with E-state index in [1.807, 2.05) is 25.2 Å². The fourth-order valence-corrected chi connectivity index (χ4v) is 2.53. The van der Waals surface area contributed by atoms with E-state index < -0.39 is 0 Å². The minimum atomic E-state index is 0.0909. The molecule has 0 aromatic heterocycles. The summed E-state index contributed by atoms with van der Waals surface area (Å²) in [5.41, 5.74) is 3.64. The van der Waals surface area contributed by atoms with E-state index in [1.54, 1.807) is 7.11 Å². The molecule has 106 valence electrons. The zero-order valence-electron chi connectivity index (χ0n) is 12.1. The molecule has 0 amide bonds. The van der Waals surface area contributed by atoms with Crippen molar-refractivity contribution in [3.8, 4) is 5.75 Å². The van der Waals surface area contributed by atoms with Gasteiger partial charge < -0.3 is 10.1 Å². The molecule has 2 nitrogen and oxygen atoms in total. The first kappa shape index (κ1) is 14.9. The summed E-state index contributed by atoms with van der Waals surface area (Å²) in [5.74, 6) is 0.802. The Kier molecular flexibility index (Phi) is 5.05. The Morgan fingerprint density at radius 3 is 2.40 bits per heavy atom. The Bertz CT molecular complexity index is 566. The van der Waals surface area contributed by atoms with Gasteiger partial charge in [-0.2, -0.15) is 0 Å². The van der Waals surface area contributed by atoms with Crippen LogP contribution in [0.2, 0.25) is 5.02 Å². The predicted molar refractivity (Wildman–Crippen MR) is 84.7 cm³/mol. The molecule has 0 heterocycles. The Morgan fingerprint density at radius 2 is 1.85 bits per heavy atom. The second-order valence-electron chi connectivity index (χ2n) is 4.70. The zero-order valence-corrected chi connectivity index (χ0v) is 12.9. The highest BCUT2D eigenvalue weighted by atomic mass is 35.5. The number of ether oxygens (including phenoxy) is 1. The van der Waals surface area contributed by atoms with Gasteiger partial charge in [-0.25, -0.2) is 0 Å². The van der Waals surface area contributed by atoms with Crippen molar-refractivity contribution < 1.29 is 4.74 Å². The molecule has 2 aromatic carbocycles. The Labute approximate surface area is 125 Å². The van der Waals surface area contributed by atoms with Gasteiger partial charge in [0.2, 0.25) is 0 Å². The van der Waals surface area contributed by atoms with Crippen molar-refractivity contribution in [2.45, 2.75) is 19.4 Å². The highest BCUT2D eigenvalue weighted by molar-refractivity contribution is 6.30. The fraction of sp³-hybridized carbons (Fsp3) is 0.294. The molecule has 20 heavy (non-hydrogen) atoms. The number of hydrogen-bond acceptors (Lipinski definition) is 2. The van der Waals surface area contributed by atoms with Crippen molar-refractivity contribution in [2.24, 2.45) is 0 Å². The number of aryl methyl sites for hydroxylation is 1. The third-order valence-electron chi connectivity index (χ3n) is 3.52. The van der Waals surface area contributed by atoms with Gasteiger partial charge >= 0.3 is 0 Å². The minimum Gasteiger partial charge on any atom is -0.496 e. The van der Waals surface area contributed by atoms with Crippen LogP contribution in [0.4, 0.5) is 0 Å². The van der Waals surface area contributed by atoms with Gasteiger partial charge in [0.1, 0.15) is 5.75 Å². The SMILES string of the molecule is CCc1ccc(C(NC)c2ccc(Cl)cc2OC)cc1. The van der Waals surface area contributed by atoms with Crippen molar-refractivity contribution in [3.63, 3.8) is 0 Å². The summed E-state index contributed by atoms with van der Waals surface area (Å²) in [6, 6.07) is 14.5. The number of halogens is 1. The number of benzene rings is 2. The average molecular weight is 290 g/mol. The molecule has 0 saturated carbocycles. The van der Waals surface area contributed by atoms with Crippen molar-refractivity contribution in [1.82, 2.24) is 5.32 Å². The molecular formula is C17H20ClNO. The van der Waals surface area contributed by atoms with E-state index in [4.69, 9.17) is 16.3 Å². The van der Waals surface area contributed by atoms with Crippen LogP contribution in [-0.2, 0) is 6.42 Å². The predicted octanol–water partition coefficient (Wildman–Crippen LogP) is 4.22. The first-order chi connectivity index (χ1) is 9.69. The summed E-state index contributed by atoms with van der Waals surface area (Å²) in [4.78, 5) is 0. The van der Waals surface area contributed by atoms with E-state index in [9.17, 15) is 0 Å². The summed E-state index contributed by atoms with van der Waals surface area (Å²) < 4.78 is 5.45. The molecule has 0 aliphatic carbocycles. The lowest BCUT2D eigenvalue weighted by atomic mass is 9.96. The Balaban J connectivity index is 2.40. The molecule has 0 fully saturated rings. The van der Waals surface area contributed by atoms with Gasteiger partial charge in [-0.1, -0.05) is 48.9 Å². The van der Waals surface area contributed by atoms with E-state index in [0.717, 1.165) is 17.7 Å². The highest BCUT2D eigenvalue weighted by Crippen LogP contribution is 2.32. The van der Waals surface area contributed by atoms with Gasteiger partial charge in [-0.15, -0.1) is 0 Å². The van der Waals surface area contributed by atoms with E-state index in [1.165, 1.54) is 11.1 Å². The molecule has 2 aromatic rings. The van der Waals surface area contributed by atoms with Crippen molar-refractivity contribution >= 4 is 11.6 Å². The van der Waals surface area contributed by atoms with E-state index >= 15 is 0 Å². The third-order valence-corrected chi connectivity index (χ3v) is 3.75. The molecule has 0 spiro atoms. The van der Waals surface area contributed by atoms with Gasteiger partial charge in [0, 0.05) is 10.6 Å². The van der Waals surface area contributed by atoms with Crippen LogP contribution in [0, 0.1) is 0 Å². The molecule has 1 unspecified atom stereocenters. The first-order valence-corrected chi connectivity index (χ1v) is 7.17. The van der Waals surface area contributed by atoms with E-state index in [2.05, 4.69) is 36.5 Å². The topological polar surface area (TPSA) is 21.3 Å². The van der Waals surface area contributed by atoms with Crippen LogP contribution in [0.5, 0.6) is 5.75 Å². The monoisotopic (exact) mass is 289 g/mol. The van der Waals surface area contributed by atoms with Gasteiger partial charge in [-0.05, 0) is 36.7 Å². The van der Waals surface area contributed by atoms with Gasteiger partial charge in [0.25, 0.3) is 0 Å². The standard InChI is InChI=1S/C17H20ClNO/c1-4-12-5-7-13(8-6-12)17(19-2)15-10-9-14(18)11-16(15)20-3/h5-11,17,19H,4H2,1-3H3. The Hall–Kier alpha value is -1.51. The summed E-state index contributed by atoms with van der Waals surface area (Å²) in [6.45, 7) is 2.16. The summed E-state index contributed by atoms with van der Waals surface area (Å²) >= 11 is 6.03. The van der Waals surface area contributed by atoms with Crippen molar-refractivity contribution in [2.75, 3.05) is 14.2 Å². The van der Waals surface area contributed by atoms with Crippen molar-refractivity contribution in [3.05, 3.63) is 64.2 Å². The van der Waals surface area contributed by atoms with Crippen molar-refractivity contribution in [1.29, 1.82) is 0 Å². The maximum atomic E-state index is 6.03. The maximum Gasteiger partial charge on any atom is 0.125 e. The van der Waals surface area contributed by atoms with Gasteiger partial charge in [0.05, 0.1) is 13.2 Å². The number of methoxy groups -OCH3 is 1. The maximum absolute atomic E-state index is 6.03. The minimum absolute atomic E-state index is 0.0909. The molecule has 0 radical (unpaired) electrons. The number of hydrogen-bond donors (Lipinski definition) is 1. The smallest absolute Gasteiger partial charge is 0.125 e. The molecule has 0 aliphatic heterocycles.